The Labute approximate surface area is 107 Å². The summed E-state index contributed by atoms with van der Waals surface area (Å²) in [6.07, 6.45) is -3.31. The Morgan fingerprint density at radius 1 is 1.20 bits per heavy atom. The van der Waals surface area contributed by atoms with Gasteiger partial charge in [0.25, 0.3) is 6.43 Å². The van der Waals surface area contributed by atoms with Crippen LogP contribution >= 0.6 is 0 Å². The Morgan fingerprint density at radius 2 is 1.75 bits per heavy atom. The molecule has 0 aliphatic carbocycles. The number of hydrogen-bond donors (Lipinski definition) is 1. The topological polar surface area (TPSA) is 63.3 Å². The maximum Gasteiger partial charge on any atom is 0.374 e. The van der Waals surface area contributed by atoms with Crippen molar-refractivity contribution < 1.29 is 36.3 Å². The number of oxazole rings is 1. The van der Waals surface area contributed by atoms with Crippen LogP contribution in [-0.4, -0.2) is 16.1 Å². The number of hydrogen-bond acceptors (Lipinski definition) is 3. The van der Waals surface area contributed by atoms with Crippen LogP contribution in [0.2, 0.25) is 0 Å². The molecular weight excluding hydrogens is 289 g/mol. The molecule has 0 bridgehead atoms. The maximum atomic E-state index is 13.4. The molecule has 20 heavy (non-hydrogen) atoms. The minimum Gasteiger partial charge on any atom is -0.475 e. The van der Waals surface area contributed by atoms with Crippen molar-refractivity contribution in [2.75, 3.05) is 0 Å². The number of carbonyl (C=O) groups is 1. The van der Waals surface area contributed by atoms with Gasteiger partial charge >= 0.3 is 5.97 Å². The molecule has 2 rings (SSSR count). The summed E-state index contributed by atoms with van der Waals surface area (Å²) in [7, 11) is 0. The number of nitrogens with zero attached hydrogens (tertiary/aromatic N) is 1. The quantitative estimate of drug-likeness (QED) is 0.881. The van der Waals surface area contributed by atoms with Crippen molar-refractivity contribution in [2.24, 2.45) is 0 Å². The van der Waals surface area contributed by atoms with Crippen molar-refractivity contribution in [3.8, 4) is 11.5 Å². The number of alkyl halides is 2. The number of carboxylic acids is 1. The average molecular weight is 293 g/mol. The number of benzene rings is 1. The van der Waals surface area contributed by atoms with Gasteiger partial charge in [0.1, 0.15) is 23.0 Å². The van der Waals surface area contributed by atoms with Crippen LogP contribution in [0.25, 0.3) is 11.5 Å². The molecular formula is C11H4F5NO3. The molecule has 0 radical (unpaired) electrons. The van der Waals surface area contributed by atoms with Gasteiger partial charge < -0.3 is 9.52 Å². The van der Waals surface area contributed by atoms with Crippen molar-refractivity contribution in [3.05, 3.63) is 41.0 Å². The van der Waals surface area contributed by atoms with Crippen LogP contribution in [0.4, 0.5) is 22.0 Å². The van der Waals surface area contributed by atoms with Crippen LogP contribution in [0.5, 0.6) is 0 Å². The zero-order valence-corrected chi connectivity index (χ0v) is 9.33. The lowest BCUT2D eigenvalue weighted by molar-refractivity contribution is 0.0646. The molecule has 9 heteroatoms. The van der Waals surface area contributed by atoms with Gasteiger partial charge in [-0.25, -0.2) is 31.7 Å². The lowest BCUT2D eigenvalue weighted by atomic mass is 10.2. The van der Waals surface area contributed by atoms with Crippen LogP contribution in [0.3, 0.4) is 0 Å². The summed E-state index contributed by atoms with van der Waals surface area (Å²) >= 11 is 0. The highest BCUT2D eigenvalue weighted by Crippen LogP contribution is 2.31. The minimum atomic E-state index is -3.31. The fraction of sp³-hybridized carbons (Fsp3) is 0.0909. The van der Waals surface area contributed by atoms with Gasteiger partial charge in [0.05, 0.1) is 0 Å². The fourth-order valence-corrected chi connectivity index (χ4v) is 1.49. The molecule has 0 amide bonds. The molecule has 1 heterocycles. The molecule has 106 valence electrons. The second-order valence-electron chi connectivity index (χ2n) is 3.58. The van der Waals surface area contributed by atoms with Crippen LogP contribution in [0.1, 0.15) is 22.7 Å². The van der Waals surface area contributed by atoms with Gasteiger partial charge in [-0.3, -0.25) is 0 Å². The Morgan fingerprint density at radius 3 is 2.15 bits per heavy atom. The lowest BCUT2D eigenvalue weighted by Crippen LogP contribution is -1.99. The van der Waals surface area contributed by atoms with Crippen molar-refractivity contribution in [2.45, 2.75) is 6.43 Å². The molecule has 0 fully saturated rings. The predicted molar refractivity (Wildman–Crippen MR) is 53.7 cm³/mol. The zero-order valence-electron chi connectivity index (χ0n) is 9.33. The fourth-order valence-electron chi connectivity index (χ4n) is 1.49. The molecule has 1 N–H and O–H groups in total. The van der Waals surface area contributed by atoms with Crippen LogP contribution in [0.15, 0.2) is 16.5 Å². The Hall–Kier alpha value is -2.45. The van der Waals surface area contributed by atoms with E-state index in [4.69, 9.17) is 5.11 Å². The highest BCUT2D eigenvalue weighted by molar-refractivity contribution is 5.86. The largest absolute Gasteiger partial charge is 0.475 e. The van der Waals surface area contributed by atoms with Crippen molar-refractivity contribution in [1.82, 2.24) is 4.98 Å². The summed E-state index contributed by atoms with van der Waals surface area (Å²) in [6, 6.07) is 0.566. The maximum absolute atomic E-state index is 13.4. The molecule has 0 unspecified atom stereocenters. The predicted octanol–water partition coefficient (Wildman–Crippen LogP) is 3.39. The van der Waals surface area contributed by atoms with E-state index in [9.17, 15) is 26.7 Å². The van der Waals surface area contributed by atoms with Crippen LogP contribution < -0.4 is 0 Å². The molecule has 4 nitrogen and oxygen atoms in total. The summed E-state index contributed by atoms with van der Waals surface area (Å²) in [5, 5.41) is 8.64. The van der Waals surface area contributed by atoms with E-state index < -0.39 is 52.8 Å². The van der Waals surface area contributed by atoms with Crippen molar-refractivity contribution in [3.63, 3.8) is 0 Å². The Balaban J connectivity index is 2.66. The van der Waals surface area contributed by atoms with Gasteiger partial charge in [-0.15, -0.1) is 0 Å². The summed E-state index contributed by atoms with van der Waals surface area (Å²) in [5.41, 5.74) is -2.29. The first-order valence-electron chi connectivity index (χ1n) is 4.98. The summed E-state index contributed by atoms with van der Waals surface area (Å²) in [5.74, 6) is -8.27. The van der Waals surface area contributed by atoms with E-state index in [1.165, 1.54) is 0 Å². The van der Waals surface area contributed by atoms with Gasteiger partial charge in [-0.1, -0.05) is 0 Å². The van der Waals surface area contributed by atoms with E-state index in [1.54, 1.807) is 0 Å². The number of rotatable bonds is 3. The average Bonchev–Trinajstić information content (AvgIpc) is 2.72. The highest BCUT2D eigenvalue weighted by atomic mass is 19.3. The molecule has 0 saturated carbocycles. The van der Waals surface area contributed by atoms with E-state index in [-0.39, 0.29) is 12.1 Å². The molecule has 1 aromatic heterocycles. The first-order chi connectivity index (χ1) is 9.31. The van der Waals surface area contributed by atoms with Gasteiger partial charge in [0.15, 0.2) is 5.69 Å². The first kappa shape index (κ1) is 14.0. The Bertz CT molecular complexity index is 660. The normalized spacial score (nSPS) is 11.1. The van der Waals surface area contributed by atoms with Gasteiger partial charge in [-0.05, 0) is 0 Å². The molecule has 0 aliphatic rings. The lowest BCUT2D eigenvalue weighted by Gasteiger charge is -2.00. The standard InChI is InChI=1S/C11H4F5NO3/c12-3-1-4(13)6(5(14)2-3)10-17-7(9(15)16)8(20-10)11(18)19/h1-2,9H,(H,18,19). The van der Waals surface area contributed by atoms with E-state index in [1.807, 2.05) is 0 Å². The third kappa shape index (κ3) is 2.33. The summed E-state index contributed by atoms with van der Waals surface area (Å²) < 4.78 is 69.1. The first-order valence-corrected chi connectivity index (χ1v) is 4.98. The van der Waals surface area contributed by atoms with E-state index in [0.717, 1.165) is 0 Å². The molecule has 0 aliphatic heterocycles. The van der Waals surface area contributed by atoms with Crippen LogP contribution in [0, 0.1) is 17.5 Å². The van der Waals surface area contributed by atoms with E-state index in [0.29, 0.717) is 0 Å². The van der Waals surface area contributed by atoms with Gasteiger partial charge in [0.2, 0.25) is 11.7 Å². The third-order valence-corrected chi connectivity index (χ3v) is 2.28. The second-order valence-corrected chi connectivity index (χ2v) is 3.58. The number of carboxylic acid groups (broad SMARTS) is 1. The monoisotopic (exact) mass is 293 g/mol. The summed E-state index contributed by atoms with van der Waals surface area (Å²) in [6.45, 7) is 0. The summed E-state index contributed by atoms with van der Waals surface area (Å²) in [4.78, 5) is 13.7. The third-order valence-electron chi connectivity index (χ3n) is 2.28. The molecule has 0 spiro atoms. The zero-order chi connectivity index (χ0) is 15.0. The van der Waals surface area contributed by atoms with Crippen molar-refractivity contribution in [1.29, 1.82) is 0 Å². The number of aromatic carboxylic acids is 1. The smallest absolute Gasteiger partial charge is 0.374 e. The minimum absolute atomic E-state index is 0.283. The highest BCUT2D eigenvalue weighted by Gasteiger charge is 2.29. The Kier molecular flexibility index (Phi) is 3.43. The number of halogens is 5. The van der Waals surface area contributed by atoms with Crippen LogP contribution in [-0.2, 0) is 0 Å². The number of aromatic nitrogens is 1. The molecule has 0 atom stereocenters. The SMILES string of the molecule is O=C(O)c1oc(-c2c(F)cc(F)cc2F)nc1C(F)F. The second kappa shape index (κ2) is 4.91. The van der Waals surface area contributed by atoms with Crippen molar-refractivity contribution >= 4 is 5.97 Å². The van der Waals surface area contributed by atoms with E-state index >= 15 is 0 Å². The molecule has 2 aromatic rings. The van der Waals surface area contributed by atoms with Gasteiger partial charge in [-0.2, -0.15) is 0 Å². The molecule has 0 saturated heterocycles. The van der Waals surface area contributed by atoms with E-state index in [2.05, 4.69) is 9.40 Å². The van der Waals surface area contributed by atoms with Gasteiger partial charge in [0, 0.05) is 12.1 Å². The molecule has 1 aromatic carbocycles.